The molecule has 3 aromatic rings. The summed E-state index contributed by atoms with van der Waals surface area (Å²) in [6, 6.07) is 10.3. The van der Waals surface area contributed by atoms with Crippen molar-refractivity contribution in [3.63, 3.8) is 0 Å². The molecule has 3 heteroatoms. The lowest BCUT2D eigenvalue weighted by Crippen LogP contribution is -1.88. The highest BCUT2D eigenvalue weighted by molar-refractivity contribution is 5.74. The van der Waals surface area contributed by atoms with E-state index in [1.165, 1.54) is 11.1 Å². The Hall–Kier alpha value is -2.16. The standard InChI is InChI=1S/C15H14N2O/c1-9-4-5-12(10(2)8-9)13-6-7-14-15(17-13)16-11(3)18-14/h4-8H,1-3H3. The van der Waals surface area contributed by atoms with E-state index in [9.17, 15) is 0 Å². The minimum Gasteiger partial charge on any atom is -0.439 e. The lowest BCUT2D eigenvalue weighted by Gasteiger charge is -2.05. The predicted molar refractivity (Wildman–Crippen MR) is 71.5 cm³/mol. The summed E-state index contributed by atoms with van der Waals surface area (Å²) >= 11 is 0. The zero-order valence-corrected chi connectivity index (χ0v) is 10.7. The van der Waals surface area contributed by atoms with Crippen LogP contribution >= 0.6 is 0 Å². The van der Waals surface area contributed by atoms with Gasteiger partial charge in [0.2, 0.25) is 0 Å². The highest BCUT2D eigenvalue weighted by atomic mass is 16.3. The minimum atomic E-state index is 0.648. The fraction of sp³-hybridized carbons (Fsp3) is 0.200. The SMILES string of the molecule is Cc1ccc(-c2ccc3oc(C)nc3n2)c(C)c1. The van der Waals surface area contributed by atoms with Crippen LogP contribution in [-0.2, 0) is 0 Å². The highest BCUT2D eigenvalue weighted by Crippen LogP contribution is 2.24. The number of oxazole rings is 1. The van der Waals surface area contributed by atoms with Gasteiger partial charge in [0.1, 0.15) is 0 Å². The van der Waals surface area contributed by atoms with Crippen LogP contribution in [-0.4, -0.2) is 9.97 Å². The topological polar surface area (TPSA) is 38.9 Å². The number of aryl methyl sites for hydroxylation is 3. The second-order valence-corrected chi connectivity index (χ2v) is 4.57. The fourth-order valence-electron chi connectivity index (χ4n) is 2.18. The van der Waals surface area contributed by atoms with Gasteiger partial charge in [0.15, 0.2) is 17.1 Å². The average Bonchev–Trinajstić information content (AvgIpc) is 2.68. The molecule has 0 aliphatic rings. The molecule has 0 spiro atoms. The normalized spacial score (nSPS) is 11.1. The van der Waals surface area contributed by atoms with E-state index >= 15 is 0 Å². The molecule has 0 bridgehead atoms. The summed E-state index contributed by atoms with van der Waals surface area (Å²) in [5, 5.41) is 0. The summed E-state index contributed by atoms with van der Waals surface area (Å²) < 4.78 is 5.43. The Morgan fingerprint density at radius 1 is 0.944 bits per heavy atom. The first-order chi connectivity index (χ1) is 8.63. The summed E-state index contributed by atoms with van der Waals surface area (Å²) in [5.41, 5.74) is 5.97. The molecule has 0 radical (unpaired) electrons. The van der Waals surface area contributed by atoms with Crippen molar-refractivity contribution in [3.8, 4) is 11.3 Å². The molecule has 0 aliphatic carbocycles. The van der Waals surface area contributed by atoms with Crippen LogP contribution in [0.1, 0.15) is 17.0 Å². The first kappa shape index (κ1) is 11.0. The molecule has 2 heterocycles. The number of fused-ring (bicyclic) bond motifs is 1. The molecule has 3 nitrogen and oxygen atoms in total. The Balaban J connectivity index is 2.18. The second-order valence-electron chi connectivity index (χ2n) is 4.57. The third kappa shape index (κ3) is 1.78. The third-order valence-electron chi connectivity index (χ3n) is 3.02. The van der Waals surface area contributed by atoms with Crippen LogP contribution < -0.4 is 0 Å². The van der Waals surface area contributed by atoms with E-state index in [4.69, 9.17) is 4.42 Å². The first-order valence-electron chi connectivity index (χ1n) is 5.95. The number of aromatic nitrogens is 2. The smallest absolute Gasteiger partial charge is 0.199 e. The summed E-state index contributed by atoms with van der Waals surface area (Å²) in [5.74, 6) is 0.648. The summed E-state index contributed by atoms with van der Waals surface area (Å²) in [6.45, 7) is 6.02. The maximum absolute atomic E-state index is 5.43. The van der Waals surface area contributed by atoms with Crippen molar-refractivity contribution in [1.82, 2.24) is 9.97 Å². The van der Waals surface area contributed by atoms with Crippen LogP contribution in [0.2, 0.25) is 0 Å². The number of benzene rings is 1. The number of rotatable bonds is 1. The van der Waals surface area contributed by atoms with E-state index in [2.05, 4.69) is 42.0 Å². The van der Waals surface area contributed by atoms with Gasteiger partial charge < -0.3 is 4.42 Å². The molecule has 2 aromatic heterocycles. The van der Waals surface area contributed by atoms with Gasteiger partial charge in [0.05, 0.1) is 5.69 Å². The molecule has 3 rings (SSSR count). The summed E-state index contributed by atoms with van der Waals surface area (Å²) in [7, 11) is 0. The van der Waals surface area contributed by atoms with E-state index in [0.29, 0.717) is 11.5 Å². The van der Waals surface area contributed by atoms with Gasteiger partial charge in [-0.2, -0.15) is 4.98 Å². The molecule has 0 unspecified atom stereocenters. The van der Waals surface area contributed by atoms with E-state index in [1.54, 1.807) is 0 Å². The minimum absolute atomic E-state index is 0.648. The van der Waals surface area contributed by atoms with Crippen LogP contribution in [0.25, 0.3) is 22.5 Å². The van der Waals surface area contributed by atoms with Gasteiger partial charge in [-0.15, -0.1) is 0 Å². The second kappa shape index (κ2) is 3.95. The van der Waals surface area contributed by atoms with Crippen molar-refractivity contribution in [2.24, 2.45) is 0 Å². The molecule has 0 fully saturated rings. The molecular formula is C15H14N2O. The number of pyridine rings is 1. The molecular weight excluding hydrogens is 224 g/mol. The zero-order valence-electron chi connectivity index (χ0n) is 10.7. The molecule has 90 valence electrons. The van der Waals surface area contributed by atoms with Crippen molar-refractivity contribution < 1.29 is 4.42 Å². The van der Waals surface area contributed by atoms with Gasteiger partial charge in [0, 0.05) is 12.5 Å². The van der Waals surface area contributed by atoms with E-state index in [-0.39, 0.29) is 0 Å². The molecule has 0 saturated carbocycles. The van der Waals surface area contributed by atoms with Crippen molar-refractivity contribution in [1.29, 1.82) is 0 Å². The van der Waals surface area contributed by atoms with Gasteiger partial charge in [-0.3, -0.25) is 0 Å². The van der Waals surface area contributed by atoms with Gasteiger partial charge in [-0.25, -0.2) is 4.98 Å². The Bertz CT molecular complexity index is 728. The molecule has 1 aromatic carbocycles. The lowest BCUT2D eigenvalue weighted by atomic mass is 10.0. The van der Waals surface area contributed by atoms with Crippen LogP contribution in [0.15, 0.2) is 34.7 Å². The van der Waals surface area contributed by atoms with Gasteiger partial charge in [0.25, 0.3) is 0 Å². The predicted octanol–water partition coefficient (Wildman–Crippen LogP) is 3.82. The van der Waals surface area contributed by atoms with E-state index < -0.39 is 0 Å². The van der Waals surface area contributed by atoms with E-state index in [1.807, 2.05) is 19.1 Å². The van der Waals surface area contributed by atoms with Crippen molar-refractivity contribution >= 4 is 11.2 Å². The van der Waals surface area contributed by atoms with Crippen LogP contribution in [0, 0.1) is 20.8 Å². The van der Waals surface area contributed by atoms with Crippen LogP contribution in [0.4, 0.5) is 0 Å². The summed E-state index contributed by atoms with van der Waals surface area (Å²) in [4.78, 5) is 8.82. The maximum Gasteiger partial charge on any atom is 0.199 e. The maximum atomic E-state index is 5.43. The highest BCUT2D eigenvalue weighted by Gasteiger charge is 2.08. The molecule has 0 aliphatic heterocycles. The third-order valence-corrected chi connectivity index (χ3v) is 3.02. The van der Waals surface area contributed by atoms with Crippen molar-refractivity contribution in [2.75, 3.05) is 0 Å². The van der Waals surface area contributed by atoms with Crippen LogP contribution in [0.5, 0.6) is 0 Å². The summed E-state index contributed by atoms with van der Waals surface area (Å²) in [6.07, 6.45) is 0. The molecule has 0 amide bonds. The number of nitrogens with zero attached hydrogens (tertiary/aromatic N) is 2. The molecule has 0 N–H and O–H groups in total. The molecule has 18 heavy (non-hydrogen) atoms. The van der Waals surface area contributed by atoms with E-state index in [0.717, 1.165) is 16.8 Å². The Kier molecular flexibility index (Phi) is 2.40. The van der Waals surface area contributed by atoms with Crippen molar-refractivity contribution in [3.05, 3.63) is 47.3 Å². The first-order valence-corrected chi connectivity index (χ1v) is 5.95. The lowest BCUT2D eigenvalue weighted by molar-refractivity contribution is 0.561. The number of hydrogen-bond donors (Lipinski definition) is 0. The van der Waals surface area contributed by atoms with Crippen LogP contribution in [0.3, 0.4) is 0 Å². The monoisotopic (exact) mass is 238 g/mol. The Labute approximate surface area is 105 Å². The quantitative estimate of drug-likeness (QED) is 0.647. The average molecular weight is 238 g/mol. The largest absolute Gasteiger partial charge is 0.439 e. The fourth-order valence-corrected chi connectivity index (χ4v) is 2.18. The van der Waals surface area contributed by atoms with Gasteiger partial charge in [-0.1, -0.05) is 23.8 Å². The van der Waals surface area contributed by atoms with Crippen molar-refractivity contribution in [2.45, 2.75) is 20.8 Å². The zero-order chi connectivity index (χ0) is 12.7. The van der Waals surface area contributed by atoms with Gasteiger partial charge >= 0.3 is 0 Å². The Morgan fingerprint density at radius 3 is 2.56 bits per heavy atom. The molecule has 0 saturated heterocycles. The number of hydrogen-bond acceptors (Lipinski definition) is 3. The molecule has 0 atom stereocenters. The van der Waals surface area contributed by atoms with Gasteiger partial charge in [-0.05, 0) is 31.5 Å². The Morgan fingerprint density at radius 2 is 1.78 bits per heavy atom.